The van der Waals surface area contributed by atoms with Gasteiger partial charge in [0.2, 0.25) is 5.91 Å². The number of rotatable bonds is 2. The summed E-state index contributed by atoms with van der Waals surface area (Å²) < 4.78 is 5.47. The lowest BCUT2D eigenvalue weighted by Gasteiger charge is -2.10. The summed E-state index contributed by atoms with van der Waals surface area (Å²) in [5, 5.41) is 0. The lowest BCUT2D eigenvalue weighted by atomic mass is 10.0. The fraction of sp³-hybridized carbons (Fsp3) is 0.286. The number of anilines is 2. The minimum absolute atomic E-state index is 0.111. The number of hydrogen-bond donors (Lipinski definition) is 1. The second-order valence-electron chi connectivity index (χ2n) is 4.65. The van der Waals surface area contributed by atoms with Crippen LogP contribution in [0.5, 0.6) is 0 Å². The van der Waals surface area contributed by atoms with Gasteiger partial charge in [-0.15, -0.1) is 0 Å². The van der Waals surface area contributed by atoms with Crippen molar-refractivity contribution in [2.45, 2.75) is 19.8 Å². The molecule has 1 aliphatic rings. The third-order valence-electron chi connectivity index (χ3n) is 3.47. The minimum atomic E-state index is 0.111. The number of aromatic nitrogens is 1. The number of amides is 1. The molecule has 0 atom stereocenters. The summed E-state index contributed by atoms with van der Waals surface area (Å²) in [5.74, 6) is 0.810. The highest BCUT2D eigenvalue weighted by Gasteiger charge is 2.25. The Balaban J connectivity index is 2.08. The predicted molar refractivity (Wildman–Crippen MR) is 72.8 cm³/mol. The standard InChI is InChI=1S/C14H15N3O2/c1-3-10-13(19-14(15)16-10)8-4-5-11-9(6-8)7-12(18)17(11)2/h4-6H,3,7H2,1-2H3,(H2,15,16). The maximum Gasteiger partial charge on any atom is 0.292 e. The Labute approximate surface area is 111 Å². The van der Waals surface area contributed by atoms with Crippen LogP contribution in [0.1, 0.15) is 18.2 Å². The van der Waals surface area contributed by atoms with E-state index in [0.717, 1.165) is 28.9 Å². The van der Waals surface area contributed by atoms with Crippen molar-refractivity contribution >= 4 is 17.6 Å². The van der Waals surface area contributed by atoms with E-state index in [2.05, 4.69) is 4.98 Å². The number of carbonyl (C=O) groups excluding carboxylic acids is 1. The largest absolute Gasteiger partial charge is 0.423 e. The van der Waals surface area contributed by atoms with Crippen molar-refractivity contribution in [3.63, 3.8) is 0 Å². The zero-order chi connectivity index (χ0) is 13.6. The highest BCUT2D eigenvalue weighted by Crippen LogP contribution is 2.34. The molecule has 0 fully saturated rings. The molecule has 2 aromatic rings. The van der Waals surface area contributed by atoms with Crippen molar-refractivity contribution in [2.24, 2.45) is 0 Å². The van der Waals surface area contributed by atoms with E-state index in [1.54, 1.807) is 11.9 Å². The molecule has 0 aliphatic carbocycles. The van der Waals surface area contributed by atoms with Crippen LogP contribution >= 0.6 is 0 Å². The van der Waals surface area contributed by atoms with Crippen LogP contribution in [0.3, 0.4) is 0 Å². The molecule has 1 amide bonds. The monoisotopic (exact) mass is 257 g/mol. The van der Waals surface area contributed by atoms with Crippen molar-refractivity contribution in [3.8, 4) is 11.3 Å². The van der Waals surface area contributed by atoms with Gasteiger partial charge < -0.3 is 15.1 Å². The number of likely N-dealkylation sites (N-methyl/N-ethyl adjacent to an activating group) is 1. The summed E-state index contributed by atoms with van der Waals surface area (Å²) in [6.45, 7) is 2.01. The summed E-state index contributed by atoms with van der Waals surface area (Å²) in [7, 11) is 1.79. The molecule has 0 saturated carbocycles. The minimum Gasteiger partial charge on any atom is -0.423 e. The Bertz CT molecular complexity index is 661. The molecule has 5 nitrogen and oxygen atoms in total. The highest BCUT2D eigenvalue weighted by atomic mass is 16.4. The zero-order valence-corrected chi connectivity index (χ0v) is 10.9. The fourth-order valence-corrected chi connectivity index (χ4v) is 2.45. The van der Waals surface area contributed by atoms with Crippen molar-refractivity contribution in [1.29, 1.82) is 0 Å². The lowest BCUT2D eigenvalue weighted by molar-refractivity contribution is -0.117. The molecule has 0 spiro atoms. The molecule has 1 aromatic heterocycles. The first-order valence-corrected chi connectivity index (χ1v) is 6.25. The molecule has 1 aliphatic heterocycles. The normalized spacial score (nSPS) is 14.0. The van der Waals surface area contributed by atoms with Gasteiger partial charge in [-0.3, -0.25) is 4.79 Å². The summed E-state index contributed by atoms with van der Waals surface area (Å²) in [4.78, 5) is 17.5. The van der Waals surface area contributed by atoms with Crippen LogP contribution < -0.4 is 10.6 Å². The van der Waals surface area contributed by atoms with Crippen molar-refractivity contribution in [1.82, 2.24) is 4.98 Å². The average molecular weight is 257 g/mol. The fourth-order valence-electron chi connectivity index (χ4n) is 2.45. The molecule has 0 radical (unpaired) electrons. The van der Waals surface area contributed by atoms with Gasteiger partial charge in [-0.2, -0.15) is 4.98 Å². The second-order valence-corrected chi connectivity index (χ2v) is 4.65. The number of oxazole rings is 1. The molecule has 0 bridgehead atoms. The van der Waals surface area contributed by atoms with Gasteiger partial charge in [0.05, 0.1) is 12.1 Å². The maximum atomic E-state index is 11.7. The molecule has 5 heteroatoms. The number of fused-ring (bicyclic) bond motifs is 1. The predicted octanol–water partition coefficient (Wildman–Crippen LogP) is 2.01. The maximum absolute atomic E-state index is 11.7. The first-order chi connectivity index (χ1) is 9.10. The van der Waals surface area contributed by atoms with Gasteiger partial charge in [0.1, 0.15) is 0 Å². The second kappa shape index (κ2) is 4.12. The molecular formula is C14H15N3O2. The molecule has 2 heterocycles. The van der Waals surface area contributed by atoms with E-state index in [-0.39, 0.29) is 11.9 Å². The number of nitrogen functional groups attached to an aromatic ring is 1. The van der Waals surface area contributed by atoms with Crippen molar-refractivity contribution in [2.75, 3.05) is 17.7 Å². The van der Waals surface area contributed by atoms with Gasteiger partial charge in [-0.25, -0.2) is 0 Å². The van der Waals surface area contributed by atoms with E-state index in [4.69, 9.17) is 10.2 Å². The van der Waals surface area contributed by atoms with Crippen molar-refractivity contribution < 1.29 is 9.21 Å². The van der Waals surface area contributed by atoms with Crippen LogP contribution in [-0.4, -0.2) is 17.9 Å². The molecular weight excluding hydrogens is 242 g/mol. The van der Waals surface area contributed by atoms with E-state index in [1.807, 2.05) is 25.1 Å². The Morgan fingerprint density at radius 3 is 3.00 bits per heavy atom. The Morgan fingerprint density at radius 2 is 2.26 bits per heavy atom. The first kappa shape index (κ1) is 11.8. The average Bonchev–Trinajstić information content (AvgIpc) is 2.91. The van der Waals surface area contributed by atoms with Gasteiger partial charge in [0.25, 0.3) is 6.01 Å². The summed E-state index contributed by atoms with van der Waals surface area (Å²) in [6, 6.07) is 6.04. The van der Waals surface area contributed by atoms with E-state index in [9.17, 15) is 4.79 Å². The number of carbonyl (C=O) groups is 1. The van der Waals surface area contributed by atoms with Crippen LogP contribution in [0.2, 0.25) is 0 Å². The van der Waals surface area contributed by atoms with Crippen molar-refractivity contribution in [3.05, 3.63) is 29.5 Å². The van der Waals surface area contributed by atoms with E-state index in [0.29, 0.717) is 12.2 Å². The van der Waals surface area contributed by atoms with Crippen LogP contribution in [0.15, 0.2) is 22.6 Å². The summed E-state index contributed by atoms with van der Waals surface area (Å²) in [5.41, 5.74) is 9.34. The van der Waals surface area contributed by atoms with E-state index in [1.165, 1.54) is 0 Å². The van der Waals surface area contributed by atoms with Crippen LogP contribution in [0, 0.1) is 0 Å². The Hall–Kier alpha value is -2.30. The van der Waals surface area contributed by atoms with E-state index < -0.39 is 0 Å². The molecule has 0 unspecified atom stereocenters. The van der Waals surface area contributed by atoms with E-state index >= 15 is 0 Å². The molecule has 2 N–H and O–H groups in total. The number of nitrogens with two attached hydrogens (primary N) is 1. The van der Waals surface area contributed by atoms with Gasteiger partial charge in [0, 0.05) is 18.3 Å². The van der Waals surface area contributed by atoms with Crippen LogP contribution in [-0.2, 0) is 17.6 Å². The SMILES string of the molecule is CCc1nc(N)oc1-c1ccc2c(c1)CC(=O)N2C. The van der Waals surface area contributed by atoms with Crippen LogP contribution in [0.25, 0.3) is 11.3 Å². The zero-order valence-electron chi connectivity index (χ0n) is 10.9. The van der Waals surface area contributed by atoms with Crippen LogP contribution in [0.4, 0.5) is 11.7 Å². The summed E-state index contributed by atoms with van der Waals surface area (Å²) >= 11 is 0. The third-order valence-corrected chi connectivity index (χ3v) is 3.47. The molecule has 3 rings (SSSR count). The Kier molecular flexibility index (Phi) is 2.55. The van der Waals surface area contributed by atoms with Gasteiger partial charge in [-0.1, -0.05) is 6.92 Å². The van der Waals surface area contributed by atoms with Gasteiger partial charge >= 0.3 is 0 Å². The lowest BCUT2D eigenvalue weighted by Crippen LogP contribution is -2.20. The number of nitrogens with zero attached hydrogens (tertiary/aromatic N) is 2. The van der Waals surface area contributed by atoms with Gasteiger partial charge in [0.15, 0.2) is 5.76 Å². The van der Waals surface area contributed by atoms with Gasteiger partial charge in [-0.05, 0) is 30.2 Å². The molecule has 1 aromatic carbocycles. The first-order valence-electron chi connectivity index (χ1n) is 6.25. The number of benzene rings is 1. The summed E-state index contributed by atoms with van der Waals surface area (Å²) in [6.07, 6.45) is 1.19. The number of hydrogen-bond acceptors (Lipinski definition) is 4. The highest BCUT2D eigenvalue weighted by molar-refractivity contribution is 6.01. The third kappa shape index (κ3) is 1.78. The molecule has 98 valence electrons. The topological polar surface area (TPSA) is 72.4 Å². The molecule has 19 heavy (non-hydrogen) atoms. The quantitative estimate of drug-likeness (QED) is 0.893. The molecule has 0 saturated heterocycles. The smallest absolute Gasteiger partial charge is 0.292 e. The number of aryl methyl sites for hydroxylation is 1. The Morgan fingerprint density at radius 1 is 1.47 bits per heavy atom.